The number of aliphatic carboxylic acids is 1. The number of urea groups is 1. The van der Waals surface area contributed by atoms with E-state index in [4.69, 9.17) is 5.11 Å². The van der Waals surface area contributed by atoms with Crippen molar-refractivity contribution in [1.82, 2.24) is 15.1 Å². The lowest BCUT2D eigenvalue weighted by atomic mass is 10.2. The Hall–Kier alpha value is -1.34. The van der Waals surface area contributed by atoms with Crippen LogP contribution in [0.25, 0.3) is 0 Å². The summed E-state index contributed by atoms with van der Waals surface area (Å²) in [6.45, 7) is 4.42. The van der Waals surface area contributed by atoms with E-state index < -0.39 is 24.1 Å². The zero-order valence-electron chi connectivity index (χ0n) is 11.8. The van der Waals surface area contributed by atoms with Crippen LogP contribution < -0.4 is 5.32 Å². The molecule has 7 heteroatoms. The lowest BCUT2D eigenvalue weighted by molar-refractivity contribution is -0.141. The van der Waals surface area contributed by atoms with Gasteiger partial charge in [0.15, 0.2) is 0 Å². The highest BCUT2D eigenvalue weighted by atomic mass is 16.4. The van der Waals surface area contributed by atoms with E-state index in [0.717, 1.165) is 13.1 Å². The maximum absolute atomic E-state index is 12.0. The fourth-order valence-electron chi connectivity index (χ4n) is 2.72. The third-order valence-corrected chi connectivity index (χ3v) is 3.97. The summed E-state index contributed by atoms with van der Waals surface area (Å²) in [5.74, 6) is -1.06. The lowest BCUT2D eigenvalue weighted by Gasteiger charge is -2.24. The van der Waals surface area contributed by atoms with Crippen LogP contribution in [0.2, 0.25) is 0 Å². The molecule has 1 saturated heterocycles. The minimum atomic E-state index is -1.06. The first-order valence-electron chi connectivity index (χ1n) is 7.22. The molecule has 0 bridgehead atoms. The number of carbonyl (C=O) groups excluding carboxylic acids is 1. The van der Waals surface area contributed by atoms with Crippen molar-refractivity contribution in [3.05, 3.63) is 0 Å². The smallest absolute Gasteiger partial charge is 0.326 e. The van der Waals surface area contributed by atoms with Crippen LogP contribution in [0.15, 0.2) is 0 Å². The third-order valence-electron chi connectivity index (χ3n) is 3.97. The fourth-order valence-corrected chi connectivity index (χ4v) is 2.72. The summed E-state index contributed by atoms with van der Waals surface area (Å²) in [5, 5.41) is 21.3. The van der Waals surface area contributed by atoms with Crippen molar-refractivity contribution in [2.45, 2.75) is 44.4 Å². The van der Waals surface area contributed by atoms with Crippen molar-refractivity contribution < 1.29 is 19.8 Å². The quantitative estimate of drug-likeness (QED) is 0.623. The van der Waals surface area contributed by atoms with E-state index in [1.807, 2.05) is 0 Å². The van der Waals surface area contributed by atoms with Gasteiger partial charge in [-0.3, -0.25) is 4.90 Å². The molecule has 0 unspecified atom stereocenters. The summed E-state index contributed by atoms with van der Waals surface area (Å²) < 4.78 is 0. The zero-order valence-corrected chi connectivity index (χ0v) is 11.8. The Kier molecular flexibility index (Phi) is 4.82. The van der Waals surface area contributed by atoms with Crippen molar-refractivity contribution in [2.24, 2.45) is 0 Å². The number of carboxylic acid groups (broad SMARTS) is 1. The molecule has 0 aromatic rings. The molecule has 0 aromatic heterocycles. The van der Waals surface area contributed by atoms with E-state index in [1.54, 1.807) is 0 Å². The summed E-state index contributed by atoms with van der Waals surface area (Å²) in [4.78, 5) is 26.6. The number of nitrogens with zero attached hydrogens (tertiary/aromatic N) is 2. The molecule has 1 aliphatic carbocycles. The highest BCUT2D eigenvalue weighted by molar-refractivity contribution is 5.83. The summed E-state index contributed by atoms with van der Waals surface area (Å²) in [6.07, 6.45) is 1.80. The van der Waals surface area contributed by atoms with Gasteiger partial charge < -0.3 is 20.4 Å². The molecular formula is C13H23N3O4. The first kappa shape index (κ1) is 15.1. The highest BCUT2D eigenvalue weighted by Crippen LogP contribution is 2.25. The molecule has 1 saturated carbocycles. The minimum absolute atomic E-state index is 0.0862. The van der Waals surface area contributed by atoms with Gasteiger partial charge in [-0.25, -0.2) is 9.59 Å². The van der Waals surface area contributed by atoms with E-state index in [-0.39, 0.29) is 13.0 Å². The van der Waals surface area contributed by atoms with Crippen LogP contribution in [0, 0.1) is 0 Å². The number of β-amino-alcohol motifs (C(OH)–C–C–N with tert-alkyl or cyclic N) is 1. The molecule has 2 fully saturated rings. The van der Waals surface area contributed by atoms with Crippen LogP contribution in [0.1, 0.15) is 26.2 Å². The largest absolute Gasteiger partial charge is 0.480 e. The second kappa shape index (κ2) is 6.41. The maximum Gasteiger partial charge on any atom is 0.326 e. The first-order chi connectivity index (χ1) is 9.52. The molecule has 1 aliphatic heterocycles. The number of hydrogen-bond acceptors (Lipinski definition) is 4. The monoisotopic (exact) mass is 285 g/mol. The molecule has 7 nitrogen and oxygen atoms in total. The van der Waals surface area contributed by atoms with E-state index in [1.165, 1.54) is 17.7 Å². The fraction of sp³-hybridized carbons (Fsp3) is 0.846. The Balaban J connectivity index is 1.77. The van der Waals surface area contributed by atoms with E-state index in [9.17, 15) is 14.7 Å². The molecule has 0 aromatic carbocycles. The SMILES string of the molecule is CCN(CCNC(=O)N1C[C@H](O)C[C@@H]1C(=O)O)C1CC1. The molecule has 0 radical (unpaired) electrons. The van der Waals surface area contributed by atoms with Gasteiger partial charge in [0.05, 0.1) is 6.10 Å². The number of likely N-dealkylation sites (tertiary alicyclic amines) is 1. The predicted molar refractivity (Wildman–Crippen MR) is 72.4 cm³/mol. The molecule has 3 N–H and O–H groups in total. The molecular weight excluding hydrogens is 262 g/mol. The first-order valence-corrected chi connectivity index (χ1v) is 7.22. The normalized spacial score (nSPS) is 26.1. The number of hydrogen-bond donors (Lipinski definition) is 3. The van der Waals surface area contributed by atoms with Crippen molar-refractivity contribution in [3.8, 4) is 0 Å². The Labute approximate surface area is 118 Å². The summed E-state index contributed by atoms with van der Waals surface area (Å²) in [7, 11) is 0. The number of carbonyl (C=O) groups is 2. The third kappa shape index (κ3) is 3.61. The predicted octanol–water partition coefficient (Wildman–Crippen LogP) is -0.300. The van der Waals surface area contributed by atoms with Gasteiger partial charge in [0.25, 0.3) is 0 Å². The average Bonchev–Trinajstić information content (AvgIpc) is 3.16. The number of aliphatic hydroxyl groups excluding tert-OH is 1. The molecule has 1 heterocycles. The van der Waals surface area contributed by atoms with Crippen molar-refractivity contribution in [1.29, 1.82) is 0 Å². The number of nitrogens with one attached hydrogen (secondary N) is 1. The van der Waals surface area contributed by atoms with Gasteiger partial charge in [0, 0.05) is 32.1 Å². The van der Waals surface area contributed by atoms with Crippen LogP contribution in [0.5, 0.6) is 0 Å². The van der Waals surface area contributed by atoms with Crippen LogP contribution in [-0.4, -0.2) is 76.4 Å². The number of aliphatic hydroxyl groups is 1. The van der Waals surface area contributed by atoms with Gasteiger partial charge in [0.1, 0.15) is 6.04 Å². The van der Waals surface area contributed by atoms with Crippen LogP contribution in [-0.2, 0) is 4.79 Å². The van der Waals surface area contributed by atoms with Gasteiger partial charge >= 0.3 is 12.0 Å². The second-order valence-corrected chi connectivity index (χ2v) is 5.49. The van der Waals surface area contributed by atoms with E-state index in [2.05, 4.69) is 17.1 Å². The summed E-state index contributed by atoms with van der Waals surface area (Å²) in [6, 6.07) is -0.672. The zero-order chi connectivity index (χ0) is 14.7. The topological polar surface area (TPSA) is 93.1 Å². The Bertz CT molecular complexity index is 373. The maximum atomic E-state index is 12.0. The Morgan fingerprint density at radius 2 is 2.10 bits per heavy atom. The number of rotatable bonds is 6. The Morgan fingerprint density at radius 1 is 1.40 bits per heavy atom. The second-order valence-electron chi connectivity index (χ2n) is 5.49. The molecule has 114 valence electrons. The van der Waals surface area contributed by atoms with Crippen LogP contribution in [0.3, 0.4) is 0 Å². The van der Waals surface area contributed by atoms with Crippen LogP contribution in [0.4, 0.5) is 4.79 Å². The van der Waals surface area contributed by atoms with Crippen molar-refractivity contribution in [2.75, 3.05) is 26.2 Å². The molecule has 0 spiro atoms. The lowest BCUT2D eigenvalue weighted by Crippen LogP contribution is -2.48. The van der Waals surface area contributed by atoms with Gasteiger partial charge in [-0.05, 0) is 19.4 Å². The van der Waals surface area contributed by atoms with Gasteiger partial charge in [-0.1, -0.05) is 6.92 Å². The highest BCUT2D eigenvalue weighted by Gasteiger charge is 2.38. The van der Waals surface area contributed by atoms with E-state index >= 15 is 0 Å². The molecule has 2 amide bonds. The van der Waals surface area contributed by atoms with Crippen LogP contribution >= 0.6 is 0 Å². The molecule has 2 rings (SSSR count). The summed E-state index contributed by atoms with van der Waals surface area (Å²) in [5.41, 5.74) is 0. The molecule has 2 aliphatic rings. The average molecular weight is 285 g/mol. The number of amides is 2. The number of likely N-dealkylation sites (N-methyl/N-ethyl adjacent to an activating group) is 1. The van der Waals surface area contributed by atoms with Gasteiger partial charge in [0.2, 0.25) is 0 Å². The molecule has 20 heavy (non-hydrogen) atoms. The minimum Gasteiger partial charge on any atom is -0.480 e. The van der Waals surface area contributed by atoms with Gasteiger partial charge in [-0.2, -0.15) is 0 Å². The van der Waals surface area contributed by atoms with Crippen molar-refractivity contribution in [3.63, 3.8) is 0 Å². The number of carboxylic acids is 1. The Morgan fingerprint density at radius 3 is 2.65 bits per heavy atom. The van der Waals surface area contributed by atoms with Gasteiger partial charge in [-0.15, -0.1) is 0 Å². The standard InChI is InChI=1S/C13H23N3O4/c1-2-15(9-3-4-9)6-5-14-13(20)16-8-10(17)7-11(16)12(18)19/h9-11,17H,2-8H2,1H3,(H,14,20)(H,18,19)/t10-,11-/m1/s1. The molecule has 2 atom stereocenters. The van der Waals surface area contributed by atoms with Crippen molar-refractivity contribution >= 4 is 12.0 Å². The van der Waals surface area contributed by atoms with E-state index in [0.29, 0.717) is 12.6 Å². The summed E-state index contributed by atoms with van der Waals surface area (Å²) >= 11 is 0.